The van der Waals surface area contributed by atoms with E-state index in [-0.39, 0.29) is 12.5 Å². The van der Waals surface area contributed by atoms with Crippen molar-refractivity contribution in [2.45, 2.75) is 45.1 Å². The summed E-state index contributed by atoms with van der Waals surface area (Å²) in [7, 11) is 1.54. The third kappa shape index (κ3) is 5.50. The van der Waals surface area contributed by atoms with Crippen LogP contribution >= 0.6 is 0 Å². The second-order valence-electron chi connectivity index (χ2n) is 4.73. The first-order chi connectivity index (χ1) is 8.27. The Morgan fingerprint density at radius 2 is 2.29 bits per heavy atom. The van der Waals surface area contributed by atoms with Crippen LogP contribution in [0.15, 0.2) is 0 Å². The first-order valence-electron chi connectivity index (χ1n) is 6.77. The van der Waals surface area contributed by atoms with E-state index in [4.69, 9.17) is 4.74 Å². The lowest BCUT2D eigenvalue weighted by Crippen LogP contribution is -2.40. The van der Waals surface area contributed by atoms with Crippen molar-refractivity contribution >= 4 is 5.91 Å². The molecule has 1 atom stereocenters. The highest BCUT2D eigenvalue weighted by Crippen LogP contribution is 2.19. The summed E-state index contributed by atoms with van der Waals surface area (Å²) in [4.78, 5) is 13.7. The maximum atomic E-state index is 11.2. The van der Waals surface area contributed by atoms with E-state index in [2.05, 4.69) is 17.1 Å². The fourth-order valence-corrected chi connectivity index (χ4v) is 2.51. The molecule has 1 aliphatic rings. The molecule has 0 aromatic carbocycles. The van der Waals surface area contributed by atoms with Crippen molar-refractivity contribution in [3.8, 4) is 0 Å². The van der Waals surface area contributed by atoms with Crippen LogP contribution in [0.2, 0.25) is 0 Å². The van der Waals surface area contributed by atoms with Gasteiger partial charge in [-0.25, -0.2) is 0 Å². The van der Waals surface area contributed by atoms with Crippen molar-refractivity contribution in [1.82, 2.24) is 10.2 Å². The van der Waals surface area contributed by atoms with E-state index in [1.807, 2.05) is 0 Å². The van der Waals surface area contributed by atoms with E-state index in [9.17, 15) is 4.79 Å². The molecule has 1 heterocycles. The summed E-state index contributed by atoms with van der Waals surface area (Å²) in [6, 6.07) is 0.762. The van der Waals surface area contributed by atoms with Crippen LogP contribution in [0.5, 0.6) is 0 Å². The Labute approximate surface area is 105 Å². The monoisotopic (exact) mass is 242 g/mol. The lowest BCUT2D eigenvalue weighted by atomic mass is 10.00. The van der Waals surface area contributed by atoms with Crippen molar-refractivity contribution in [3.05, 3.63) is 0 Å². The largest absolute Gasteiger partial charge is 0.375 e. The highest BCUT2D eigenvalue weighted by atomic mass is 16.5. The molecule has 1 rings (SSSR count). The van der Waals surface area contributed by atoms with Crippen LogP contribution in [-0.2, 0) is 9.53 Å². The van der Waals surface area contributed by atoms with E-state index < -0.39 is 0 Å². The molecule has 1 amide bonds. The maximum absolute atomic E-state index is 11.2. The zero-order valence-corrected chi connectivity index (χ0v) is 11.2. The molecule has 4 nitrogen and oxygen atoms in total. The number of amides is 1. The lowest BCUT2D eigenvalue weighted by Gasteiger charge is -2.35. The van der Waals surface area contributed by atoms with Gasteiger partial charge in [0.2, 0.25) is 5.91 Å². The van der Waals surface area contributed by atoms with Gasteiger partial charge in [0, 0.05) is 26.2 Å². The van der Waals surface area contributed by atoms with E-state index >= 15 is 0 Å². The van der Waals surface area contributed by atoms with E-state index in [1.165, 1.54) is 32.2 Å². The lowest BCUT2D eigenvalue weighted by molar-refractivity contribution is -0.124. The number of nitrogens with zero attached hydrogens (tertiary/aromatic N) is 1. The van der Waals surface area contributed by atoms with Crippen LogP contribution in [0, 0.1) is 0 Å². The fraction of sp³-hybridized carbons (Fsp3) is 0.923. The van der Waals surface area contributed by atoms with Crippen LogP contribution in [0.4, 0.5) is 0 Å². The molecule has 0 bridgehead atoms. The van der Waals surface area contributed by atoms with Gasteiger partial charge in [0.05, 0.1) is 0 Å². The van der Waals surface area contributed by atoms with Crippen LogP contribution in [-0.4, -0.2) is 50.2 Å². The Kier molecular flexibility index (Phi) is 7.21. The summed E-state index contributed by atoms with van der Waals surface area (Å²) < 4.78 is 4.76. The molecular weight excluding hydrogens is 216 g/mol. The van der Waals surface area contributed by atoms with Gasteiger partial charge >= 0.3 is 0 Å². The molecule has 0 unspecified atom stereocenters. The summed E-state index contributed by atoms with van der Waals surface area (Å²) in [5, 5.41) is 2.87. The number of ether oxygens (including phenoxy) is 1. The van der Waals surface area contributed by atoms with Gasteiger partial charge in [-0.1, -0.05) is 13.3 Å². The summed E-state index contributed by atoms with van der Waals surface area (Å²) in [5.41, 5.74) is 0. The Hall–Kier alpha value is -0.610. The molecule has 1 saturated heterocycles. The van der Waals surface area contributed by atoms with Crippen LogP contribution in [0.1, 0.15) is 39.0 Å². The minimum atomic E-state index is -0.0156. The summed E-state index contributed by atoms with van der Waals surface area (Å²) in [5.74, 6) is -0.0156. The number of likely N-dealkylation sites (tertiary alicyclic amines) is 1. The fourth-order valence-electron chi connectivity index (χ4n) is 2.51. The molecule has 0 saturated carbocycles. The molecule has 100 valence electrons. The first-order valence-corrected chi connectivity index (χ1v) is 6.77. The van der Waals surface area contributed by atoms with Gasteiger partial charge in [-0.3, -0.25) is 4.79 Å². The zero-order valence-electron chi connectivity index (χ0n) is 11.2. The number of rotatable bonds is 7. The second-order valence-corrected chi connectivity index (χ2v) is 4.73. The molecule has 0 spiro atoms. The first kappa shape index (κ1) is 14.5. The molecule has 0 aromatic heterocycles. The third-order valence-electron chi connectivity index (χ3n) is 3.44. The maximum Gasteiger partial charge on any atom is 0.245 e. The SMILES string of the molecule is CC[C@@H]1CCCCN1CCCNC(=O)COC. The van der Waals surface area contributed by atoms with Crippen LogP contribution < -0.4 is 5.32 Å². The molecule has 1 fully saturated rings. The number of carbonyl (C=O) groups is 1. The summed E-state index contributed by atoms with van der Waals surface area (Å²) in [6.45, 7) is 5.52. The predicted molar refractivity (Wildman–Crippen MR) is 69.0 cm³/mol. The normalized spacial score (nSPS) is 21.4. The van der Waals surface area contributed by atoms with Gasteiger partial charge < -0.3 is 15.0 Å². The Morgan fingerprint density at radius 3 is 3.00 bits per heavy atom. The standard InChI is InChI=1S/C13H26N2O2/c1-3-12-7-4-5-9-15(12)10-6-8-14-13(16)11-17-2/h12H,3-11H2,1-2H3,(H,14,16)/t12-/m1/s1. The number of piperidine rings is 1. The highest BCUT2D eigenvalue weighted by molar-refractivity contribution is 5.77. The van der Waals surface area contributed by atoms with Crippen molar-refractivity contribution in [2.75, 3.05) is 33.4 Å². The third-order valence-corrected chi connectivity index (χ3v) is 3.44. The van der Waals surface area contributed by atoms with E-state index in [0.717, 1.165) is 25.6 Å². The smallest absolute Gasteiger partial charge is 0.245 e. The molecule has 0 aliphatic carbocycles. The highest BCUT2D eigenvalue weighted by Gasteiger charge is 2.19. The average Bonchev–Trinajstić information content (AvgIpc) is 2.35. The minimum Gasteiger partial charge on any atom is -0.375 e. The number of carbonyl (C=O) groups excluding carboxylic acids is 1. The van der Waals surface area contributed by atoms with Gasteiger partial charge in [-0.2, -0.15) is 0 Å². The second kappa shape index (κ2) is 8.48. The Morgan fingerprint density at radius 1 is 1.47 bits per heavy atom. The zero-order chi connectivity index (χ0) is 12.5. The summed E-state index contributed by atoms with van der Waals surface area (Å²) >= 11 is 0. The molecule has 1 aliphatic heterocycles. The van der Waals surface area contributed by atoms with Gasteiger partial charge in [-0.05, 0) is 32.2 Å². The van der Waals surface area contributed by atoms with Gasteiger partial charge in [0.1, 0.15) is 6.61 Å². The molecule has 4 heteroatoms. The van der Waals surface area contributed by atoms with Crippen LogP contribution in [0.3, 0.4) is 0 Å². The number of hydrogen-bond donors (Lipinski definition) is 1. The van der Waals surface area contributed by atoms with Crippen molar-refractivity contribution < 1.29 is 9.53 Å². The number of methoxy groups -OCH3 is 1. The topological polar surface area (TPSA) is 41.6 Å². The minimum absolute atomic E-state index is 0.0156. The Bertz CT molecular complexity index is 221. The summed E-state index contributed by atoms with van der Waals surface area (Å²) in [6.07, 6.45) is 6.32. The molecule has 17 heavy (non-hydrogen) atoms. The van der Waals surface area contributed by atoms with Gasteiger partial charge in [0.15, 0.2) is 0 Å². The predicted octanol–water partition coefficient (Wildman–Crippen LogP) is 1.40. The van der Waals surface area contributed by atoms with E-state index in [1.54, 1.807) is 7.11 Å². The molecule has 1 N–H and O–H groups in total. The average molecular weight is 242 g/mol. The number of hydrogen-bond acceptors (Lipinski definition) is 3. The Balaban J connectivity index is 2.10. The van der Waals surface area contributed by atoms with Gasteiger partial charge in [0.25, 0.3) is 0 Å². The molecule has 0 radical (unpaired) electrons. The van der Waals surface area contributed by atoms with Crippen LogP contribution in [0.25, 0.3) is 0 Å². The molecule has 0 aromatic rings. The van der Waals surface area contributed by atoms with Gasteiger partial charge in [-0.15, -0.1) is 0 Å². The van der Waals surface area contributed by atoms with Crippen molar-refractivity contribution in [1.29, 1.82) is 0 Å². The number of nitrogens with one attached hydrogen (secondary N) is 1. The van der Waals surface area contributed by atoms with E-state index in [0.29, 0.717) is 0 Å². The molecular formula is C13H26N2O2. The quantitative estimate of drug-likeness (QED) is 0.686. The van der Waals surface area contributed by atoms with Crippen molar-refractivity contribution in [2.24, 2.45) is 0 Å². The van der Waals surface area contributed by atoms with Crippen molar-refractivity contribution in [3.63, 3.8) is 0 Å².